The van der Waals surface area contributed by atoms with Crippen molar-refractivity contribution in [2.75, 3.05) is 17.2 Å². The van der Waals surface area contributed by atoms with Gasteiger partial charge in [0.1, 0.15) is 11.6 Å². The van der Waals surface area contributed by atoms with Crippen molar-refractivity contribution < 1.29 is 23.0 Å². The molecule has 0 saturated carbocycles. The highest BCUT2D eigenvalue weighted by molar-refractivity contribution is 5.67. The first-order valence-electron chi connectivity index (χ1n) is 9.53. The Labute approximate surface area is 177 Å². The van der Waals surface area contributed by atoms with Gasteiger partial charge in [-0.2, -0.15) is 4.98 Å². The van der Waals surface area contributed by atoms with Crippen LogP contribution in [0.5, 0.6) is 5.75 Å². The smallest absolute Gasteiger partial charge is 0.406 e. The van der Waals surface area contributed by atoms with Crippen molar-refractivity contribution in [2.45, 2.75) is 26.3 Å². The number of pyridine rings is 1. The van der Waals surface area contributed by atoms with Crippen LogP contribution in [-0.4, -0.2) is 39.1 Å². The zero-order chi connectivity index (χ0) is 22.4. The molecule has 1 atom stereocenters. The van der Waals surface area contributed by atoms with Crippen LogP contribution in [0.3, 0.4) is 0 Å². The summed E-state index contributed by atoms with van der Waals surface area (Å²) in [7, 11) is 0. The number of anilines is 3. The Hall–Kier alpha value is -3.40. The fraction of sp³-hybridized carbons (Fsp3) is 0.286. The van der Waals surface area contributed by atoms with Gasteiger partial charge in [0, 0.05) is 35.8 Å². The maximum Gasteiger partial charge on any atom is 0.573 e. The van der Waals surface area contributed by atoms with Gasteiger partial charge < -0.3 is 20.5 Å². The molecule has 3 aromatic rings. The topological polar surface area (TPSA) is 92.2 Å². The standard InChI is InChI=1S/C21H22F3N5O2/c1-13(2)18(12-30)28-20-27-17(14-6-8-25-9-7-14)11-19(29-20)26-15-4-3-5-16(10-15)31-21(22,23)24/h3-11,13,18,30H,12H2,1-2H3,(H2,26,27,28,29)/t18-/m1/s1. The first-order valence-corrected chi connectivity index (χ1v) is 9.53. The number of alkyl halides is 3. The lowest BCUT2D eigenvalue weighted by Gasteiger charge is -2.20. The third-order valence-electron chi connectivity index (χ3n) is 4.36. The first-order chi connectivity index (χ1) is 14.7. The number of aliphatic hydroxyl groups is 1. The van der Waals surface area contributed by atoms with Crippen LogP contribution in [0.1, 0.15) is 13.8 Å². The van der Waals surface area contributed by atoms with E-state index in [-0.39, 0.29) is 30.3 Å². The molecule has 0 aliphatic rings. The SMILES string of the molecule is CC(C)[C@@H](CO)Nc1nc(Nc2cccc(OC(F)(F)F)c2)cc(-c2ccncc2)n1. The van der Waals surface area contributed by atoms with E-state index in [2.05, 4.69) is 30.3 Å². The summed E-state index contributed by atoms with van der Waals surface area (Å²) in [4.78, 5) is 12.9. The predicted molar refractivity (Wildman–Crippen MR) is 111 cm³/mol. The van der Waals surface area contributed by atoms with Gasteiger partial charge in [0.25, 0.3) is 0 Å². The molecule has 7 nitrogen and oxygen atoms in total. The molecule has 0 saturated heterocycles. The molecule has 10 heteroatoms. The fourth-order valence-electron chi connectivity index (χ4n) is 2.75. The second kappa shape index (κ2) is 9.61. The van der Waals surface area contributed by atoms with E-state index in [1.165, 1.54) is 18.2 Å². The molecule has 0 radical (unpaired) electrons. The number of aromatic nitrogens is 3. The van der Waals surface area contributed by atoms with E-state index >= 15 is 0 Å². The van der Waals surface area contributed by atoms with Crippen LogP contribution >= 0.6 is 0 Å². The number of nitrogens with one attached hydrogen (secondary N) is 2. The van der Waals surface area contributed by atoms with Gasteiger partial charge in [-0.05, 0) is 30.2 Å². The number of hydrogen-bond acceptors (Lipinski definition) is 7. The van der Waals surface area contributed by atoms with E-state index in [0.29, 0.717) is 17.2 Å². The Kier molecular flexibility index (Phi) is 6.91. The average Bonchev–Trinajstić information content (AvgIpc) is 2.71. The average molecular weight is 433 g/mol. The first kappa shape index (κ1) is 22.3. The largest absolute Gasteiger partial charge is 0.573 e. The van der Waals surface area contributed by atoms with Gasteiger partial charge in [-0.3, -0.25) is 4.98 Å². The van der Waals surface area contributed by atoms with Crippen molar-refractivity contribution in [3.63, 3.8) is 0 Å². The zero-order valence-electron chi connectivity index (χ0n) is 16.9. The highest BCUT2D eigenvalue weighted by atomic mass is 19.4. The third-order valence-corrected chi connectivity index (χ3v) is 4.36. The van der Waals surface area contributed by atoms with E-state index in [1.54, 1.807) is 36.7 Å². The van der Waals surface area contributed by atoms with Crippen LogP contribution in [0, 0.1) is 5.92 Å². The van der Waals surface area contributed by atoms with Crippen molar-refractivity contribution in [1.29, 1.82) is 0 Å². The number of aliphatic hydroxyl groups excluding tert-OH is 1. The second-order valence-electron chi connectivity index (χ2n) is 7.08. The Morgan fingerprint density at radius 3 is 2.45 bits per heavy atom. The highest BCUT2D eigenvalue weighted by Gasteiger charge is 2.31. The minimum Gasteiger partial charge on any atom is -0.406 e. The van der Waals surface area contributed by atoms with Crippen LogP contribution in [0.4, 0.5) is 30.6 Å². The Morgan fingerprint density at radius 2 is 1.81 bits per heavy atom. The number of nitrogens with zero attached hydrogens (tertiary/aromatic N) is 3. The summed E-state index contributed by atoms with van der Waals surface area (Å²) in [5.41, 5.74) is 1.71. The van der Waals surface area contributed by atoms with Gasteiger partial charge in [0.15, 0.2) is 0 Å². The Morgan fingerprint density at radius 1 is 1.06 bits per heavy atom. The van der Waals surface area contributed by atoms with E-state index in [1.807, 2.05) is 13.8 Å². The van der Waals surface area contributed by atoms with Crippen molar-refractivity contribution >= 4 is 17.5 Å². The lowest BCUT2D eigenvalue weighted by atomic mass is 10.1. The normalized spacial score (nSPS) is 12.5. The maximum atomic E-state index is 12.5. The number of rotatable bonds is 8. The Bertz CT molecular complexity index is 1000. The van der Waals surface area contributed by atoms with Crippen LogP contribution in [0.2, 0.25) is 0 Å². The van der Waals surface area contributed by atoms with E-state index in [9.17, 15) is 18.3 Å². The van der Waals surface area contributed by atoms with E-state index < -0.39 is 6.36 Å². The number of halogens is 3. The zero-order valence-corrected chi connectivity index (χ0v) is 16.9. The lowest BCUT2D eigenvalue weighted by Crippen LogP contribution is -2.30. The fourth-order valence-corrected chi connectivity index (χ4v) is 2.75. The van der Waals surface area contributed by atoms with E-state index in [0.717, 1.165) is 5.56 Å². The molecule has 0 aliphatic carbocycles. The third kappa shape index (κ3) is 6.54. The molecule has 0 fully saturated rings. The van der Waals surface area contributed by atoms with Gasteiger partial charge >= 0.3 is 6.36 Å². The monoisotopic (exact) mass is 433 g/mol. The summed E-state index contributed by atoms with van der Waals surface area (Å²) in [5.74, 6) is 0.395. The van der Waals surface area contributed by atoms with Crippen molar-refractivity contribution in [2.24, 2.45) is 5.92 Å². The predicted octanol–water partition coefficient (Wildman–Crippen LogP) is 4.61. The van der Waals surface area contributed by atoms with Crippen LogP contribution in [0.15, 0.2) is 54.9 Å². The van der Waals surface area contributed by atoms with Gasteiger partial charge in [-0.25, -0.2) is 4.98 Å². The summed E-state index contributed by atoms with van der Waals surface area (Å²) in [6, 6.07) is 10.4. The maximum absolute atomic E-state index is 12.5. The van der Waals surface area contributed by atoms with E-state index in [4.69, 9.17) is 0 Å². The summed E-state index contributed by atoms with van der Waals surface area (Å²) < 4.78 is 41.5. The molecule has 3 N–H and O–H groups in total. The molecule has 0 aliphatic heterocycles. The molecular formula is C21H22F3N5O2. The Balaban J connectivity index is 1.93. The minimum atomic E-state index is -4.78. The molecule has 31 heavy (non-hydrogen) atoms. The molecule has 2 aromatic heterocycles. The number of ether oxygens (including phenoxy) is 1. The van der Waals surface area contributed by atoms with Gasteiger partial charge in [-0.1, -0.05) is 19.9 Å². The summed E-state index contributed by atoms with van der Waals surface area (Å²) in [6.07, 6.45) is -1.53. The number of hydrogen-bond donors (Lipinski definition) is 3. The lowest BCUT2D eigenvalue weighted by molar-refractivity contribution is -0.274. The molecular weight excluding hydrogens is 411 g/mol. The van der Waals surface area contributed by atoms with Gasteiger partial charge in [-0.15, -0.1) is 13.2 Å². The molecule has 0 unspecified atom stereocenters. The number of benzene rings is 1. The van der Waals surface area contributed by atoms with Crippen LogP contribution < -0.4 is 15.4 Å². The van der Waals surface area contributed by atoms with Crippen LogP contribution in [-0.2, 0) is 0 Å². The van der Waals surface area contributed by atoms with Crippen molar-refractivity contribution in [3.05, 3.63) is 54.9 Å². The minimum absolute atomic E-state index is 0.111. The van der Waals surface area contributed by atoms with Crippen molar-refractivity contribution in [3.8, 4) is 17.0 Å². The van der Waals surface area contributed by atoms with Crippen molar-refractivity contribution in [1.82, 2.24) is 15.0 Å². The summed E-state index contributed by atoms with van der Waals surface area (Å²) in [6.45, 7) is 3.79. The second-order valence-corrected chi connectivity index (χ2v) is 7.08. The molecule has 2 heterocycles. The molecule has 0 amide bonds. The summed E-state index contributed by atoms with van der Waals surface area (Å²) in [5, 5.41) is 15.7. The summed E-state index contributed by atoms with van der Waals surface area (Å²) >= 11 is 0. The van der Waals surface area contributed by atoms with Gasteiger partial charge in [0.2, 0.25) is 5.95 Å². The van der Waals surface area contributed by atoms with Gasteiger partial charge in [0.05, 0.1) is 18.3 Å². The highest BCUT2D eigenvalue weighted by Crippen LogP contribution is 2.28. The molecule has 0 spiro atoms. The molecule has 0 bridgehead atoms. The quantitative estimate of drug-likeness (QED) is 0.478. The molecule has 1 aromatic carbocycles. The molecule has 3 rings (SSSR count). The molecule has 164 valence electrons. The van der Waals surface area contributed by atoms with Crippen LogP contribution in [0.25, 0.3) is 11.3 Å².